The molecule has 0 spiro atoms. The molecule has 4 N–H and O–H groups in total. The summed E-state index contributed by atoms with van der Waals surface area (Å²) in [5, 5.41) is 10.3. The number of hydrogen-bond acceptors (Lipinski definition) is 3. The predicted octanol–water partition coefficient (Wildman–Crippen LogP) is 0.104. The van der Waals surface area contributed by atoms with Gasteiger partial charge in [-0.1, -0.05) is 20.8 Å². The molecule has 0 fully saturated rings. The van der Waals surface area contributed by atoms with Gasteiger partial charge < -0.3 is 16.2 Å². The second-order valence-electron chi connectivity index (χ2n) is 4.58. The van der Waals surface area contributed by atoms with Crippen molar-refractivity contribution in [3.63, 3.8) is 0 Å². The Labute approximate surface area is 87.8 Å². The number of carbonyl (C=O) groups is 1. The fraction of sp³-hybridized carbons (Fsp3) is 0.889. The molecule has 0 bridgehead atoms. The highest BCUT2D eigenvalue weighted by atomic mass is 19.3. The molecule has 0 heterocycles. The Hall–Kier alpha value is -0.750. The zero-order valence-corrected chi connectivity index (χ0v) is 9.18. The Morgan fingerprint density at radius 3 is 2.27 bits per heavy atom. The minimum absolute atomic E-state index is 0.488. The third-order valence-electron chi connectivity index (χ3n) is 1.97. The maximum atomic E-state index is 12.6. The van der Waals surface area contributed by atoms with Gasteiger partial charge in [-0.25, -0.2) is 8.78 Å². The van der Waals surface area contributed by atoms with Crippen LogP contribution < -0.4 is 11.1 Å². The molecule has 0 unspecified atom stereocenters. The van der Waals surface area contributed by atoms with Gasteiger partial charge in [-0.15, -0.1) is 0 Å². The van der Waals surface area contributed by atoms with E-state index in [1.807, 2.05) is 5.32 Å². The first kappa shape index (κ1) is 14.2. The average Bonchev–Trinajstić information content (AvgIpc) is 2.11. The Morgan fingerprint density at radius 2 is 1.93 bits per heavy atom. The fourth-order valence-corrected chi connectivity index (χ4v) is 0.776. The van der Waals surface area contributed by atoms with Crippen molar-refractivity contribution in [1.82, 2.24) is 5.32 Å². The van der Waals surface area contributed by atoms with Crippen LogP contribution >= 0.6 is 0 Å². The molecule has 0 aromatic rings. The van der Waals surface area contributed by atoms with Crippen LogP contribution in [0.3, 0.4) is 0 Å². The normalized spacial score (nSPS) is 14.9. The first-order valence-corrected chi connectivity index (χ1v) is 4.62. The Kier molecular flexibility index (Phi) is 4.61. The number of halogens is 2. The quantitative estimate of drug-likeness (QED) is 0.634. The molecular weight excluding hydrogens is 206 g/mol. The largest absolute Gasteiger partial charge is 0.390 e. The van der Waals surface area contributed by atoms with E-state index in [9.17, 15) is 13.6 Å². The number of rotatable bonds is 4. The third-order valence-corrected chi connectivity index (χ3v) is 1.97. The van der Waals surface area contributed by atoms with E-state index in [4.69, 9.17) is 10.8 Å². The number of nitrogens with one attached hydrogen (secondary N) is 1. The van der Waals surface area contributed by atoms with Crippen molar-refractivity contribution in [2.24, 2.45) is 11.1 Å². The number of aliphatic hydroxyl groups is 1. The van der Waals surface area contributed by atoms with Crippen molar-refractivity contribution < 1.29 is 18.7 Å². The molecule has 0 aromatic heterocycles. The van der Waals surface area contributed by atoms with E-state index in [2.05, 4.69) is 0 Å². The van der Waals surface area contributed by atoms with Gasteiger partial charge in [0.25, 0.3) is 5.92 Å². The second kappa shape index (κ2) is 4.85. The molecule has 0 aromatic carbocycles. The lowest BCUT2D eigenvalue weighted by molar-refractivity contribution is -0.127. The SMILES string of the molecule is CC(C)(C)[C@@H](N)C(=O)NCC(F)(F)CO. The van der Waals surface area contributed by atoms with Crippen LogP contribution in [0.2, 0.25) is 0 Å². The number of alkyl halides is 2. The van der Waals surface area contributed by atoms with E-state index in [0.717, 1.165) is 0 Å². The smallest absolute Gasteiger partial charge is 0.287 e. The monoisotopic (exact) mass is 224 g/mol. The number of aliphatic hydroxyl groups excluding tert-OH is 1. The highest BCUT2D eigenvalue weighted by molar-refractivity contribution is 5.82. The number of hydrogen-bond donors (Lipinski definition) is 3. The summed E-state index contributed by atoms with van der Waals surface area (Å²) in [6.45, 7) is 3.02. The average molecular weight is 224 g/mol. The first-order valence-electron chi connectivity index (χ1n) is 4.62. The minimum Gasteiger partial charge on any atom is -0.390 e. The van der Waals surface area contributed by atoms with Gasteiger partial charge in [0.05, 0.1) is 12.6 Å². The molecule has 0 aliphatic carbocycles. The van der Waals surface area contributed by atoms with Crippen molar-refractivity contribution in [1.29, 1.82) is 0 Å². The van der Waals surface area contributed by atoms with Gasteiger partial charge in [-0.2, -0.15) is 0 Å². The molecule has 1 amide bonds. The lowest BCUT2D eigenvalue weighted by Crippen LogP contribution is -2.51. The van der Waals surface area contributed by atoms with Crippen molar-refractivity contribution in [2.75, 3.05) is 13.2 Å². The Balaban J connectivity index is 4.17. The molecule has 0 saturated carbocycles. The molecule has 0 radical (unpaired) electrons. The summed E-state index contributed by atoms with van der Waals surface area (Å²) < 4.78 is 25.1. The van der Waals surface area contributed by atoms with Crippen LogP contribution in [-0.4, -0.2) is 36.1 Å². The number of nitrogens with two attached hydrogens (primary N) is 1. The zero-order chi connectivity index (χ0) is 12.3. The summed E-state index contributed by atoms with van der Waals surface area (Å²) in [4.78, 5) is 11.3. The molecule has 0 aliphatic rings. The fourth-order valence-electron chi connectivity index (χ4n) is 0.776. The Bertz CT molecular complexity index is 227. The van der Waals surface area contributed by atoms with E-state index in [-0.39, 0.29) is 0 Å². The van der Waals surface area contributed by atoms with E-state index in [1.165, 1.54) is 0 Å². The van der Waals surface area contributed by atoms with Crippen LogP contribution in [0.1, 0.15) is 20.8 Å². The van der Waals surface area contributed by atoms with Crippen molar-refractivity contribution in [3.8, 4) is 0 Å². The molecule has 1 atom stereocenters. The van der Waals surface area contributed by atoms with E-state index in [1.54, 1.807) is 20.8 Å². The maximum Gasteiger partial charge on any atom is 0.287 e. The summed E-state index contributed by atoms with van der Waals surface area (Å²) >= 11 is 0. The van der Waals surface area contributed by atoms with Crippen LogP contribution in [0.4, 0.5) is 8.78 Å². The highest BCUT2D eigenvalue weighted by Gasteiger charge is 2.32. The highest BCUT2D eigenvalue weighted by Crippen LogP contribution is 2.17. The molecule has 90 valence electrons. The van der Waals surface area contributed by atoms with Gasteiger partial charge in [-0.05, 0) is 5.41 Å². The summed E-state index contributed by atoms with van der Waals surface area (Å²) in [6.07, 6.45) is 0. The van der Waals surface area contributed by atoms with Crippen LogP contribution in [0.25, 0.3) is 0 Å². The van der Waals surface area contributed by atoms with Crippen molar-refractivity contribution >= 4 is 5.91 Å². The van der Waals surface area contributed by atoms with Gasteiger partial charge in [-0.3, -0.25) is 4.79 Å². The number of amides is 1. The van der Waals surface area contributed by atoms with E-state index in [0.29, 0.717) is 0 Å². The molecule has 0 rings (SSSR count). The number of carbonyl (C=O) groups excluding carboxylic acids is 1. The van der Waals surface area contributed by atoms with Crippen LogP contribution in [-0.2, 0) is 4.79 Å². The van der Waals surface area contributed by atoms with Crippen LogP contribution in [0, 0.1) is 5.41 Å². The van der Waals surface area contributed by atoms with Gasteiger partial charge in [0, 0.05) is 0 Å². The standard InChI is InChI=1S/C9H18F2N2O2/c1-8(2,3)6(12)7(15)13-4-9(10,11)5-14/h6,14H,4-5,12H2,1-3H3,(H,13,15)/t6-/m0/s1. The molecule has 15 heavy (non-hydrogen) atoms. The Morgan fingerprint density at radius 1 is 1.47 bits per heavy atom. The lowest BCUT2D eigenvalue weighted by Gasteiger charge is -2.26. The van der Waals surface area contributed by atoms with Gasteiger partial charge >= 0.3 is 0 Å². The zero-order valence-electron chi connectivity index (χ0n) is 9.18. The lowest BCUT2D eigenvalue weighted by atomic mass is 9.87. The van der Waals surface area contributed by atoms with E-state index >= 15 is 0 Å². The predicted molar refractivity (Wildman–Crippen MR) is 52.5 cm³/mol. The molecule has 0 saturated heterocycles. The summed E-state index contributed by atoms with van der Waals surface area (Å²) in [5.41, 5.74) is 5.06. The van der Waals surface area contributed by atoms with Gasteiger partial charge in [0.1, 0.15) is 6.61 Å². The summed E-state index contributed by atoms with van der Waals surface area (Å²) in [7, 11) is 0. The van der Waals surface area contributed by atoms with Crippen LogP contribution in [0.5, 0.6) is 0 Å². The minimum atomic E-state index is -3.30. The molecule has 6 heteroatoms. The maximum absolute atomic E-state index is 12.6. The van der Waals surface area contributed by atoms with Crippen LogP contribution in [0.15, 0.2) is 0 Å². The summed E-state index contributed by atoms with van der Waals surface area (Å²) in [5.74, 6) is -3.94. The first-order chi connectivity index (χ1) is 6.60. The van der Waals surface area contributed by atoms with Crippen molar-refractivity contribution in [3.05, 3.63) is 0 Å². The second-order valence-corrected chi connectivity index (χ2v) is 4.58. The summed E-state index contributed by atoms with van der Waals surface area (Å²) in [6, 6.07) is -0.855. The molecule has 0 aliphatic heterocycles. The molecular formula is C9H18F2N2O2. The van der Waals surface area contributed by atoms with Gasteiger partial charge in [0.2, 0.25) is 5.91 Å². The third kappa shape index (κ3) is 5.03. The molecule has 4 nitrogen and oxygen atoms in total. The topological polar surface area (TPSA) is 75.4 Å². The van der Waals surface area contributed by atoms with E-state index < -0.39 is 36.4 Å². The van der Waals surface area contributed by atoms with Crippen molar-refractivity contribution in [2.45, 2.75) is 32.7 Å². The van der Waals surface area contributed by atoms with Gasteiger partial charge in [0.15, 0.2) is 0 Å².